The summed E-state index contributed by atoms with van der Waals surface area (Å²) in [5.74, 6) is 0. The molecular formula is C14H19N3OS2. The highest BCUT2D eigenvalue weighted by atomic mass is 32.2. The van der Waals surface area contributed by atoms with E-state index in [1.807, 2.05) is 11.8 Å². The fourth-order valence-electron chi connectivity index (χ4n) is 2.55. The van der Waals surface area contributed by atoms with E-state index in [1.165, 1.54) is 23.6 Å². The molecule has 1 aliphatic carbocycles. The number of thioether (sulfide) groups is 1. The number of nitrogens with one attached hydrogen (secondary N) is 1. The second kappa shape index (κ2) is 5.67. The van der Waals surface area contributed by atoms with Gasteiger partial charge in [0.05, 0.1) is 5.69 Å². The summed E-state index contributed by atoms with van der Waals surface area (Å²) >= 11 is 3.67. The van der Waals surface area contributed by atoms with Gasteiger partial charge in [-0.2, -0.15) is 0 Å². The molecule has 1 saturated heterocycles. The van der Waals surface area contributed by atoms with Gasteiger partial charge in [0.15, 0.2) is 4.96 Å². The smallest absolute Gasteiger partial charge is 0.194 e. The van der Waals surface area contributed by atoms with Crippen molar-refractivity contribution in [2.24, 2.45) is 0 Å². The molecule has 0 radical (unpaired) electrons. The van der Waals surface area contributed by atoms with Crippen LogP contribution in [0.4, 0.5) is 0 Å². The van der Waals surface area contributed by atoms with E-state index in [9.17, 15) is 0 Å². The number of imidazole rings is 1. The number of hydrogen-bond acceptors (Lipinski definition) is 5. The van der Waals surface area contributed by atoms with E-state index in [4.69, 9.17) is 9.72 Å². The number of rotatable bonds is 5. The standard InChI is InChI=1S/C14H19N3OS2/c1-2-10(1)15-9-12-13(16-14-17(12)5-8-19-14)20-11-3-6-18-7-4-11/h5,8,10-11,15H,1-4,6-7,9H2. The van der Waals surface area contributed by atoms with Crippen molar-refractivity contribution in [2.75, 3.05) is 13.2 Å². The molecule has 3 heterocycles. The molecule has 1 saturated carbocycles. The van der Waals surface area contributed by atoms with Gasteiger partial charge in [0.25, 0.3) is 0 Å². The predicted molar refractivity (Wildman–Crippen MR) is 82.6 cm³/mol. The number of fused-ring (bicyclic) bond motifs is 1. The predicted octanol–water partition coefficient (Wildman–Crippen LogP) is 2.92. The molecule has 1 aliphatic heterocycles. The summed E-state index contributed by atoms with van der Waals surface area (Å²) in [4.78, 5) is 5.95. The van der Waals surface area contributed by atoms with Gasteiger partial charge in [-0.25, -0.2) is 4.98 Å². The van der Waals surface area contributed by atoms with Crippen molar-refractivity contribution in [1.29, 1.82) is 0 Å². The Morgan fingerprint density at radius 1 is 1.35 bits per heavy atom. The van der Waals surface area contributed by atoms with Crippen LogP contribution < -0.4 is 5.32 Å². The summed E-state index contributed by atoms with van der Waals surface area (Å²) in [5.41, 5.74) is 1.34. The Morgan fingerprint density at radius 3 is 3.00 bits per heavy atom. The van der Waals surface area contributed by atoms with E-state index in [0.29, 0.717) is 5.25 Å². The van der Waals surface area contributed by atoms with Crippen LogP contribution in [0, 0.1) is 0 Å². The zero-order chi connectivity index (χ0) is 13.4. The zero-order valence-electron chi connectivity index (χ0n) is 11.4. The third-order valence-corrected chi connectivity index (χ3v) is 6.02. The SMILES string of the molecule is c1cn2c(CNC3CC3)c(SC3CCOCC3)nc2s1. The molecule has 0 spiro atoms. The lowest BCUT2D eigenvalue weighted by molar-refractivity contribution is 0.1000. The summed E-state index contributed by atoms with van der Waals surface area (Å²) in [6, 6.07) is 0.736. The van der Waals surface area contributed by atoms with Crippen molar-refractivity contribution in [2.45, 2.75) is 48.5 Å². The van der Waals surface area contributed by atoms with E-state index in [1.54, 1.807) is 11.3 Å². The third kappa shape index (κ3) is 2.74. The maximum absolute atomic E-state index is 5.45. The van der Waals surface area contributed by atoms with Gasteiger partial charge in [-0.1, -0.05) is 0 Å². The van der Waals surface area contributed by atoms with Crippen molar-refractivity contribution in [3.63, 3.8) is 0 Å². The van der Waals surface area contributed by atoms with E-state index >= 15 is 0 Å². The minimum atomic E-state index is 0.660. The Balaban J connectivity index is 1.55. The average Bonchev–Trinajstić information content (AvgIpc) is 3.09. The fraction of sp³-hybridized carbons (Fsp3) is 0.643. The van der Waals surface area contributed by atoms with Crippen LogP contribution in [0.2, 0.25) is 0 Å². The van der Waals surface area contributed by atoms with E-state index in [2.05, 4.69) is 21.3 Å². The fourth-order valence-corrected chi connectivity index (χ4v) is 4.53. The lowest BCUT2D eigenvalue weighted by Gasteiger charge is -2.21. The van der Waals surface area contributed by atoms with Gasteiger partial charge in [0.2, 0.25) is 0 Å². The average molecular weight is 309 g/mol. The first-order valence-corrected chi connectivity index (χ1v) is 9.08. The zero-order valence-corrected chi connectivity index (χ0v) is 13.0. The van der Waals surface area contributed by atoms with E-state index < -0.39 is 0 Å². The molecule has 108 valence electrons. The lowest BCUT2D eigenvalue weighted by Crippen LogP contribution is -2.19. The summed E-state index contributed by atoms with van der Waals surface area (Å²) < 4.78 is 7.70. The van der Waals surface area contributed by atoms with Gasteiger partial charge < -0.3 is 10.1 Å². The van der Waals surface area contributed by atoms with Crippen LogP contribution in [0.25, 0.3) is 4.96 Å². The van der Waals surface area contributed by atoms with Gasteiger partial charge in [-0.05, 0) is 25.7 Å². The van der Waals surface area contributed by atoms with Crippen molar-refractivity contribution in [1.82, 2.24) is 14.7 Å². The van der Waals surface area contributed by atoms with Crippen LogP contribution in [0.3, 0.4) is 0 Å². The Labute approximate surface area is 126 Å². The van der Waals surface area contributed by atoms with Gasteiger partial charge >= 0.3 is 0 Å². The minimum absolute atomic E-state index is 0.660. The number of ether oxygens (including phenoxy) is 1. The second-order valence-corrected chi connectivity index (χ2v) is 7.67. The normalized spacial score (nSPS) is 20.8. The highest BCUT2D eigenvalue weighted by Crippen LogP contribution is 2.33. The van der Waals surface area contributed by atoms with Crippen molar-refractivity contribution in [3.05, 3.63) is 17.3 Å². The van der Waals surface area contributed by atoms with Crippen LogP contribution in [0.15, 0.2) is 16.6 Å². The molecule has 1 N–H and O–H groups in total. The van der Waals surface area contributed by atoms with E-state index in [0.717, 1.165) is 43.6 Å². The maximum Gasteiger partial charge on any atom is 0.194 e. The molecule has 2 fully saturated rings. The second-order valence-electron chi connectivity index (χ2n) is 5.50. The third-order valence-electron chi connectivity index (χ3n) is 3.91. The molecule has 2 aliphatic rings. The molecule has 4 nitrogen and oxygen atoms in total. The first-order valence-electron chi connectivity index (χ1n) is 7.32. The summed E-state index contributed by atoms with van der Waals surface area (Å²) in [6.45, 7) is 2.74. The highest BCUT2D eigenvalue weighted by molar-refractivity contribution is 7.99. The van der Waals surface area contributed by atoms with Crippen LogP contribution in [0.5, 0.6) is 0 Å². The molecule has 0 unspecified atom stereocenters. The molecule has 2 aromatic rings. The topological polar surface area (TPSA) is 38.6 Å². The molecule has 0 aromatic carbocycles. The minimum Gasteiger partial charge on any atom is -0.381 e. The number of hydrogen-bond donors (Lipinski definition) is 1. The van der Waals surface area contributed by atoms with Crippen molar-refractivity contribution < 1.29 is 4.74 Å². The molecule has 0 bridgehead atoms. The first kappa shape index (κ1) is 13.1. The molecule has 6 heteroatoms. The monoisotopic (exact) mass is 309 g/mol. The summed E-state index contributed by atoms with van der Waals surface area (Å²) in [6.07, 6.45) is 7.09. The lowest BCUT2D eigenvalue weighted by atomic mass is 10.2. The number of nitrogens with zero attached hydrogens (tertiary/aromatic N) is 2. The quantitative estimate of drug-likeness (QED) is 0.922. The van der Waals surface area contributed by atoms with Crippen LogP contribution in [-0.4, -0.2) is 33.9 Å². The van der Waals surface area contributed by atoms with Crippen LogP contribution in [-0.2, 0) is 11.3 Å². The van der Waals surface area contributed by atoms with Crippen molar-refractivity contribution in [3.8, 4) is 0 Å². The molecular weight excluding hydrogens is 290 g/mol. The van der Waals surface area contributed by atoms with Crippen LogP contribution >= 0.6 is 23.1 Å². The largest absolute Gasteiger partial charge is 0.381 e. The Bertz CT molecular complexity index is 584. The van der Waals surface area contributed by atoms with Gasteiger partial charge in [-0.15, -0.1) is 23.1 Å². The Hall–Kier alpha value is -0.560. The molecule has 4 rings (SSSR count). The van der Waals surface area contributed by atoms with Gasteiger partial charge in [0.1, 0.15) is 5.03 Å². The maximum atomic E-state index is 5.45. The number of thiazole rings is 1. The van der Waals surface area contributed by atoms with Gasteiger partial charge in [0, 0.05) is 42.6 Å². The summed E-state index contributed by atoms with van der Waals surface area (Å²) in [5, 5.41) is 7.62. The molecule has 0 amide bonds. The highest BCUT2D eigenvalue weighted by Gasteiger charge is 2.24. The molecule has 2 aromatic heterocycles. The van der Waals surface area contributed by atoms with Crippen LogP contribution in [0.1, 0.15) is 31.4 Å². The van der Waals surface area contributed by atoms with Crippen molar-refractivity contribution >= 4 is 28.1 Å². The number of aromatic nitrogens is 2. The molecule has 20 heavy (non-hydrogen) atoms. The van der Waals surface area contributed by atoms with E-state index in [-0.39, 0.29) is 0 Å². The van der Waals surface area contributed by atoms with Gasteiger partial charge in [-0.3, -0.25) is 4.40 Å². The first-order chi connectivity index (χ1) is 9.90. The Morgan fingerprint density at radius 2 is 2.20 bits per heavy atom. The summed E-state index contributed by atoms with van der Waals surface area (Å²) in [7, 11) is 0. The Kier molecular flexibility index (Phi) is 3.72. The molecule has 0 atom stereocenters.